The van der Waals surface area contributed by atoms with Crippen molar-refractivity contribution in [3.63, 3.8) is 0 Å². The van der Waals surface area contributed by atoms with Gasteiger partial charge in [-0.25, -0.2) is 4.39 Å². The molecule has 1 fully saturated rings. The van der Waals surface area contributed by atoms with Gasteiger partial charge in [-0.2, -0.15) is 5.10 Å². The van der Waals surface area contributed by atoms with Crippen LogP contribution >= 0.6 is 12.4 Å². The number of aromatic nitrogens is 2. The fourth-order valence-corrected chi connectivity index (χ4v) is 3.84. The highest BCUT2D eigenvalue weighted by Gasteiger charge is 2.22. The summed E-state index contributed by atoms with van der Waals surface area (Å²) in [7, 11) is 1.90. The lowest BCUT2D eigenvalue weighted by Crippen LogP contribution is -2.47. The van der Waals surface area contributed by atoms with E-state index in [0.29, 0.717) is 17.8 Å². The first kappa shape index (κ1) is 24.3. The summed E-state index contributed by atoms with van der Waals surface area (Å²) < 4.78 is 15.9. The maximum atomic E-state index is 14.0. The molecule has 1 aliphatic heterocycles. The summed E-state index contributed by atoms with van der Waals surface area (Å²) in [6, 6.07) is 8.95. The van der Waals surface area contributed by atoms with Gasteiger partial charge in [0.2, 0.25) is 5.91 Å². The monoisotopic (exact) mass is 437 g/mol. The third-order valence-electron chi connectivity index (χ3n) is 5.73. The number of rotatable bonds is 8. The Morgan fingerprint density at radius 3 is 2.53 bits per heavy atom. The number of nitrogens with zero attached hydrogens (tertiary/aromatic N) is 4. The fraction of sp³-hybridized carbons (Fsp3) is 0.545. The topological polar surface area (TPSA) is 53.4 Å². The van der Waals surface area contributed by atoms with Crippen molar-refractivity contribution in [1.82, 2.24) is 24.9 Å². The van der Waals surface area contributed by atoms with Gasteiger partial charge in [0.15, 0.2) is 0 Å². The lowest BCUT2D eigenvalue weighted by atomic mass is 10.0. The fourth-order valence-electron chi connectivity index (χ4n) is 3.84. The molecule has 166 valence electrons. The summed E-state index contributed by atoms with van der Waals surface area (Å²) >= 11 is 0. The zero-order valence-electron chi connectivity index (χ0n) is 18.1. The van der Waals surface area contributed by atoms with Crippen LogP contribution in [-0.2, 0) is 18.4 Å². The molecular formula is C22H33ClFN5O. The lowest BCUT2D eigenvalue weighted by molar-refractivity contribution is -0.123. The summed E-state index contributed by atoms with van der Waals surface area (Å²) in [5.74, 6) is -0.133. The molecule has 3 rings (SSSR count). The van der Waals surface area contributed by atoms with Gasteiger partial charge in [0, 0.05) is 38.3 Å². The maximum absolute atomic E-state index is 14.0. The van der Waals surface area contributed by atoms with Crippen LogP contribution in [0.2, 0.25) is 0 Å². The van der Waals surface area contributed by atoms with E-state index < -0.39 is 0 Å². The van der Waals surface area contributed by atoms with E-state index in [-0.39, 0.29) is 30.2 Å². The Bertz CT molecular complexity index is 816. The Hall–Kier alpha value is -1.96. The van der Waals surface area contributed by atoms with E-state index >= 15 is 0 Å². The number of hydrogen-bond donors (Lipinski definition) is 1. The number of halogens is 2. The molecule has 1 N–H and O–H groups in total. The number of benzene rings is 1. The molecule has 2 heterocycles. The maximum Gasteiger partial charge on any atom is 0.234 e. The van der Waals surface area contributed by atoms with Crippen LogP contribution in [0.25, 0.3) is 11.3 Å². The Labute approximate surface area is 184 Å². The van der Waals surface area contributed by atoms with E-state index in [1.165, 1.54) is 6.07 Å². The zero-order chi connectivity index (χ0) is 20.8. The van der Waals surface area contributed by atoms with Crippen LogP contribution in [0.3, 0.4) is 0 Å². The van der Waals surface area contributed by atoms with Crippen LogP contribution in [0.1, 0.15) is 32.4 Å². The minimum atomic E-state index is -0.251. The Balaban J connectivity index is 0.00000320. The molecule has 1 amide bonds. The van der Waals surface area contributed by atoms with Crippen LogP contribution in [0, 0.1) is 5.82 Å². The summed E-state index contributed by atoms with van der Waals surface area (Å²) in [5.41, 5.74) is 2.26. The second kappa shape index (κ2) is 11.4. The van der Waals surface area contributed by atoms with Crippen molar-refractivity contribution in [3.8, 4) is 11.3 Å². The predicted molar refractivity (Wildman–Crippen MR) is 120 cm³/mol. The normalized spacial score (nSPS) is 15.2. The summed E-state index contributed by atoms with van der Waals surface area (Å²) in [6.45, 7) is 9.03. The summed E-state index contributed by atoms with van der Waals surface area (Å²) in [4.78, 5) is 16.7. The van der Waals surface area contributed by atoms with Crippen molar-refractivity contribution in [3.05, 3.63) is 41.8 Å². The number of likely N-dealkylation sites (tertiary alicyclic amines) is 1. The highest BCUT2D eigenvalue weighted by Crippen LogP contribution is 2.23. The number of likely N-dealkylation sites (N-methyl/N-ethyl adjacent to an activating group) is 1. The van der Waals surface area contributed by atoms with Gasteiger partial charge in [0.1, 0.15) is 5.82 Å². The van der Waals surface area contributed by atoms with E-state index in [1.54, 1.807) is 12.1 Å². The molecule has 2 aromatic rings. The number of aryl methyl sites for hydroxylation is 1. The molecule has 8 heteroatoms. The van der Waals surface area contributed by atoms with Crippen molar-refractivity contribution < 1.29 is 9.18 Å². The molecule has 6 nitrogen and oxygen atoms in total. The third kappa shape index (κ3) is 6.27. The van der Waals surface area contributed by atoms with E-state index in [1.807, 2.05) is 23.9 Å². The zero-order valence-corrected chi connectivity index (χ0v) is 18.9. The highest BCUT2D eigenvalue weighted by molar-refractivity contribution is 5.85. The number of nitrogens with one attached hydrogen (secondary N) is 1. The third-order valence-corrected chi connectivity index (χ3v) is 5.73. The van der Waals surface area contributed by atoms with Gasteiger partial charge < -0.3 is 5.32 Å². The molecule has 0 spiro atoms. The van der Waals surface area contributed by atoms with E-state index in [9.17, 15) is 9.18 Å². The van der Waals surface area contributed by atoms with Crippen LogP contribution in [0.5, 0.6) is 0 Å². The van der Waals surface area contributed by atoms with Crippen molar-refractivity contribution in [2.45, 2.75) is 39.3 Å². The predicted octanol–water partition coefficient (Wildman–Crippen LogP) is 3.07. The standard InChI is InChI=1S/C22H32FN5O.ClH/c1-4-27(5-2)16-22(29)24-17-10-12-28(13-11-17)15-18-14-21(25-26(18)3)19-8-6-7-9-20(19)23;/h6-9,14,17H,4-5,10-13,15-16H2,1-3H3,(H,24,29);1H. The van der Waals surface area contributed by atoms with Crippen LogP contribution in [0.15, 0.2) is 30.3 Å². The van der Waals surface area contributed by atoms with Gasteiger partial charge in [-0.1, -0.05) is 26.0 Å². The Morgan fingerprint density at radius 1 is 1.23 bits per heavy atom. The van der Waals surface area contributed by atoms with Crippen LogP contribution in [-0.4, -0.2) is 64.3 Å². The summed E-state index contributed by atoms with van der Waals surface area (Å²) in [5, 5.41) is 7.67. The quantitative estimate of drug-likeness (QED) is 0.689. The molecule has 0 atom stereocenters. The molecule has 0 radical (unpaired) electrons. The van der Waals surface area contributed by atoms with Crippen molar-refractivity contribution in [2.75, 3.05) is 32.7 Å². The second-order valence-electron chi connectivity index (χ2n) is 7.70. The first-order valence-electron chi connectivity index (χ1n) is 10.5. The van der Waals surface area contributed by atoms with Gasteiger partial charge >= 0.3 is 0 Å². The summed E-state index contributed by atoms with van der Waals surface area (Å²) in [6.07, 6.45) is 1.89. The van der Waals surface area contributed by atoms with Crippen molar-refractivity contribution in [2.24, 2.45) is 7.05 Å². The number of carbonyl (C=O) groups is 1. The highest BCUT2D eigenvalue weighted by atomic mass is 35.5. The minimum Gasteiger partial charge on any atom is -0.352 e. The first-order valence-corrected chi connectivity index (χ1v) is 10.5. The molecule has 1 saturated heterocycles. The average Bonchev–Trinajstić information content (AvgIpc) is 3.08. The number of carbonyl (C=O) groups excluding carboxylic acids is 1. The lowest BCUT2D eigenvalue weighted by Gasteiger charge is -2.32. The smallest absolute Gasteiger partial charge is 0.234 e. The molecular weight excluding hydrogens is 405 g/mol. The number of amides is 1. The molecule has 0 unspecified atom stereocenters. The molecule has 0 aliphatic carbocycles. The Kier molecular flexibility index (Phi) is 9.27. The Morgan fingerprint density at radius 2 is 1.90 bits per heavy atom. The minimum absolute atomic E-state index is 0. The van der Waals surface area contributed by atoms with Crippen molar-refractivity contribution in [1.29, 1.82) is 0 Å². The molecule has 0 bridgehead atoms. The molecule has 1 aliphatic rings. The number of hydrogen-bond acceptors (Lipinski definition) is 4. The van der Waals surface area contributed by atoms with Gasteiger partial charge in [-0.05, 0) is 44.1 Å². The second-order valence-corrected chi connectivity index (χ2v) is 7.70. The number of piperidine rings is 1. The first-order chi connectivity index (χ1) is 14.0. The van der Waals surface area contributed by atoms with Crippen LogP contribution in [0.4, 0.5) is 4.39 Å². The van der Waals surface area contributed by atoms with E-state index in [2.05, 4.69) is 34.1 Å². The largest absolute Gasteiger partial charge is 0.352 e. The van der Waals surface area contributed by atoms with Gasteiger partial charge in [-0.3, -0.25) is 19.3 Å². The molecule has 1 aromatic carbocycles. The van der Waals surface area contributed by atoms with Gasteiger partial charge in [0.25, 0.3) is 0 Å². The van der Waals surface area contributed by atoms with Crippen LogP contribution < -0.4 is 5.32 Å². The average molecular weight is 438 g/mol. The SMILES string of the molecule is CCN(CC)CC(=O)NC1CCN(Cc2cc(-c3ccccc3F)nn2C)CC1.Cl. The molecule has 1 aromatic heterocycles. The van der Waals surface area contributed by atoms with Gasteiger partial charge in [-0.15, -0.1) is 12.4 Å². The van der Waals surface area contributed by atoms with E-state index in [0.717, 1.165) is 51.3 Å². The van der Waals surface area contributed by atoms with Crippen molar-refractivity contribution >= 4 is 18.3 Å². The molecule has 30 heavy (non-hydrogen) atoms. The van der Waals surface area contributed by atoms with E-state index in [4.69, 9.17) is 0 Å². The van der Waals surface area contributed by atoms with Gasteiger partial charge in [0.05, 0.1) is 17.9 Å². The molecule has 0 saturated carbocycles.